The highest BCUT2D eigenvalue weighted by Gasteiger charge is 2.16. The van der Waals surface area contributed by atoms with Crippen LogP contribution in [0.5, 0.6) is 5.75 Å². The molecule has 8 heteroatoms. The summed E-state index contributed by atoms with van der Waals surface area (Å²) < 4.78 is 4.99. The molecule has 0 aliphatic rings. The Morgan fingerprint density at radius 1 is 1.50 bits per heavy atom. The molecule has 0 fully saturated rings. The number of methoxy groups -OCH3 is 1. The Balaban J connectivity index is 2.43. The molecule has 0 spiro atoms. The van der Waals surface area contributed by atoms with Crippen LogP contribution in [-0.2, 0) is 5.88 Å². The number of hydrogen-bond acceptors (Lipinski definition) is 6. The highest BCUT2D eigenvalue weighted by atomic mass is 35.5. The topological polar surface area (TPSA) is 78.2 Å². The van der Waals surface area contributed by atoms with E-state index in [1.54, 1.807) is 12.1 Å². The van der Waals surface area contributed by atoms with Crippen molar-refractivity contribution < 1.29 is 9.66 Å². The zero-order chi connectivity index (χ0) is 13.1. The summed E-state index contributed by atoms with van der Waals surface area (Å²) in [6, 6.07) is 4.56. The van der Waals surface area contributed by atoms with Crippen LogP contribution in [0.2, 0.25) is 0 Å². The van der Waals surface area contributed by atoms with Crippen LogP contribution in [0.1, 0.15) is 5.01 Å². The molecule has 0 bridgehead atoms. The van der Waals surface area contributed by atoms with Gasteiger partial charge in [0.1, 0.15) is 10.0 Å². The van der Waals surface area contributed by atoms with Crippen LogP contribution < -0.4 is 4.74 Å². The number of nitro benzene ring substituents is 1. The summed E-state index contributed by atoms with van der Waals surface area (Å²) in [6.45, 7) is 0. The summed E-state index contributed by atoms with van der Waals surface area (Å²) in [4.78, 5) is 10.3. The lowest BCUT2D eigenvalue weighted by molar-refractivity contribution is -0.385. The second-order valence-electron chi connectivity index (χ2n) is 3.28. The summed E-state index contributed by atoms with van der Waals surface area (Å²) in [6.07, 6.45) is 0. The van der Waals surface area contributed by atoms with E-state index in [0.717, 1.165) is 0 Å². The molecule has 1 aromatic heterocycles. The van der Waals surface area contributed by atoms with Gasteiger partial charge in [-0.2, -0.15) is 0 Å². The average molecular weight is 286 g/mol. The fourth-order valence-corrected chi connectivity index (χ4v) is 2.29. The number of hydrogen-bond donors (Lipinski definition) is 0. The first-order chi connectivity index (χ1) is 8.65. The third-order valence-corrected chi connectivity index (χ3v) is 3.59. The van der Waals surface area contributed by atoms with Crippen LogP contribution >= 0.6 is 22.9 Å². The van der Waals surface area contributed by atoms with Gasteiger partial charge in [0.15, 0.2) is 5.75 Å². The van der Waals surface area contributed by atoms with Crippen molar-refractivity contribution in [2.45, 2.75) is 5.88 Å². The molecule has 0 saturated carbocycles. The minimum Gasteiger partial charge on any atom is -0.490 e. The van der Waals surface area contributed by atoms with Crippen molar-refractivity contribution in [3.8, 4) is 16.3 Å². The predicted molar refractivity (Wildman–Crippen MR) is 68.1 cm³/mol. The van der Waals surface area contributed by atoms with E-state index < -0.39 is 4.92 Å². The van der Waals surface area contributed by atoms with Crippen molar-refractivity contribution in [3.63, 3.8) is 0 Å². The van der Waals surface area contributed by atoms with Gasteiger partial charge in [-0.15, -0.1) is 21.8 Å². The van der Waals surface area contributed by atoms with Gasteiger partial charge in [0.05, 0.1) is 17.9 Å². The van der Waals surface area contributed by atoms with Crippen LogP contribution in [0.3, 0.4) is 0 Å². The summed E-state index contributed by atoms with van der Waals surface area (Å²) in [7, 11) is 1.39. The first-order valence-corrected chi connectivity index (χ1v) is 6.22. The highest BCUT2D eigenvalue weighted by Crippen LogP contribution is 2.33. The van der Waals surface area contributed by atoms with E-state index >= 15 is 0 Å². The molecular formula is C10H8ClN3O3S. The summed E-state index contributed by atoms with van der Waals surface area (Å²) in [5, 5.41) is 20.0. The van der Waals surface area contributed by atoms with E-state index in [0.29, 0.717) is 21.5 Å². The number of ether oxygens (including phenoxy) is 1. The minimum absolute atomic E-state index is 0.0802. The Kier molecular flexibility index (Phi) is 3.73. The monoisotopic (exact) mass is 285 g/mol. The molecule has 94 valence electrons. The van der Waals surface area contributed by atoms with Gasteiger partial charge in [-0.05, 0) is 12.1 Å². The first-order valence-electron chi connectivity index (χ1n) is 4.87. The van der Waals surface area contributed by atoms with E-state index in [1.807, 2.05) is 0 Å². The van der Waals surface area contributed by atoms with Gasteiger partial charge in [0, 0.05) is 11.6 Å². The van der Waals surface area contributed by atoms with Gasteiger partial charge in [-0.3, -0.25) is 10.1 Å². The lowest BCUT2D eigenvalue weighted by Gasteiger charge is -2.02. The molecule has 1 aromatic carbocycles. The maximum atomic E-state index is 10.8. The first kappa shape index (κ1) is 12.7. The smallest absolute Gasteiger partial charge is 0.310 e. The van der Waals surface area contributed by atoms with Gasteiger partial charge in [-0.1, -0.05) is 11.3 Å². The minimum atomic E-state index is -0.493. The van der Waals surface area contributed by atoms with Crippen LogP contribution in [0, 0.1) is 10.1 Å². The van der Waals surface area contributed by atoms with Crippen LogP contribution in [0.15, 0.2) is 18.2 Å². The number of benzene rings is 1. The van der Waals surface area contributed by atoms with Gasteiger partial charge in [0.25, 0.3) is 0 Å². The van der Waals surface area contributed by atoms with E-state index in [4.69, 9.17) is 16.3 Å². The van der Waals surface area contributed by atoms with Crippen LogP contribution in [0.4, 0.5) is 5.69 Å². The number of nitrogens with zero attached hydrogens (tertiary/aromatic N) is 3. The molecule has 0 atom stereocenters. The van der Waals surface area contributed by atoms with E-state index in [-0.39, 0.29) is 11.4 Å². The second-order valence-corrected chi connectivity index (χ2v) is 4.61. The lowest BCUT2D eigenvalue weighted by atomic mass is 10.2. The van der Waals surface area contributed by atoms with Crippen molar-refractivity contribution in [2.75, 3.05) is 7.11 Å². The number of aromatic nitrogens is 2. The Bertz CT molecular complexity index is 587. The Hall–Kier alpha value is -1.73. The fraction of sp³-hybridized carbons (Fsp3) is 0.200. The average Bonchev–Trinajstić information content (AvgIpc) is 2.86. The van der Waals surface area contributed by atoms with Crippen molar-refractivity contribution in [3.05, 3.63) is 33.3 Å². The lowest BCUT2D eigenvalue weighted by Crippen LogP contribution is -1.93. The van der Waals surface area contributed by atoms with Gasteiger partial charge in [0.2, 0.25) is 0 Å². The Morgan fingerprint density at radius 3 is 2.83 bits per heavy atom. The van der Waals surface area contributed by atoms with E-state index in [2.05, 4.69) is 10.2 Å². The van der Waals surface area contributed by atoms with Crippen molar-refractivity contribution >= 4 is 28.6 Å². The predicted octanol–water partition coefficient (Wildman–Crippen LogP) is 2.86. The van der Waals surface area contributed by atoms with Gasteiger partial charge >= 0.3 is 5.69 Å². The molecule has 0 aliphatic carbocycles. The molecule has 0 amide bonds. The van der Waals surface area contributed by atoms with Crippen molar-refractivity contribution in [2.24, 2.45) is 0 Å². The van der Waals surface area contributed by atoms with Gasteiger partial charge in [-0.25, -0.2) is 0 Å². The molecule has 6 nitrogen and oxygen atoms in total. The maximum Gasteiger partial charge on any atom is 0.310 e. The molecule has 18 heavy (non-hydrogen) atoms. The molecule has 0 saturated heterocycles. The Morgan fingerprint density at radius 2 is 2.28 bits per heavy atom. The zero-order valence-corrected chi connectivity index (χ0v) is 10.9. The van der Waals surface area contributed by atoms with Crippen molar-refractivity contribution in [1.29, 1.82) is 0 Å². The van der Waals surface area contributed by atoms with Gasteiger partial charge < -0.3 is 4.74 Å². The third-order valence-electron chi connectivity index (χ3n) is 2.20. The molecular weight excluding hydrogens is 278 g/mol. The number of alkyl halides is 1. The largest absolute Gasteiger partial charge is 0.490 e. The van der Waals surface area contributed by atoms with E-state index in [9.17, 15) is 10.1 Å². The highest BCUT2D eigenvalue weighted by molar-refractivity contribution is 7.14. The quantitative estimate of drug-likeness (QED) is 0.490. The zero-order valence-electron chi connectivity index (χ0n) is 9.29. The molecule has 1 heterocycles. The van der Waals surface area contributed by atoms with Crippen LogP contribution in [-0.4, -0.2) is 22.2 Å². The number of rotatable bonds is 4. The Labute approximate surface area is 111 Å². The normalized spacial score (nSPS) is 10.3. The molecule has 2 rings (SSSR count). The molecule has 0 unspecified atom stereocenters. The third kappa shape index (κ3) is 2.41. The molecule has 0 N–H and O–H groups in total. The molecule has 0 radical (unpaired) electrons. The SMILES string of the molecule is COc1cc(-c2nnc(CCl)s2)ccc1[N+](=O)[O-]. The van der Waals surface area contributed by atoms with Crippen LogP contribution in [0.25, 0.3) is 10.6 Å². The summed E-state index contributed by atoms with van der Waals surface area (Å²) in [5.41, 5.74) is 0.634. The van der Waals surface area contributed by atoms with Crippen molar-refractivity contribution in [1.82, 2.24) is 10.2 Å². The summed E-state index contributed by atoms with van der Waals surface area (Å²) >= 11 is 6.99. The standard InChI is InChI=1S/C10H8ClN3O3S/c1-17-8-4-6(2-3-7(8)14(15)16)10-13-12-9(5-11)18-10/h2-4H,5H2,1H3. The molecule has 0 aliphatic heterocycles. The van der Waals surface area contributed by atoms with E-state index in [1.165, 1.54) is 24.5 Å². The fourth-order valence-electron chi connectivity index (χ4n) is 1.39. The summed E-state index contributed by atoms with van der Waals surface area (Å²) in [5.74, 6) is 0.488. The number of nitro groups is 1. The second kappa shape index (κ2) is 5.28. The number of halogens is 1. The maximum absolute atomic E-state index is 10.8. The molecule has 2 aromatic rings.